The summed E-state index contributed by atoms with van der Waals surface area (Å²) >= 11 is 3.51. The minimum absolute atomic E-state index is 0.0587. The number of benzene rings is 1. The molecule has 1 aromatic carbocycles. The van der Waals surface area contributed by atoms with Crippen molar-refractivity contribution in [2.24, 2.45) is 16.3 Å². The van der Waals surface area contributed by atoms with Gasteiger partial charge in [0.2, 0.25) is 0 Å². The quantitative estimate of drug-likeness (QED) is 0.660. The molecule has 0 saturated carbocycles. The maximum Gasteiger partial charge on any atom is 0.315 e. The number of rotatable bonds is 3. The highest BCUT2D eigenvalue weighted by atomic mass is 79.9. The van der Waals surface area contributed by atoms with Crippen molar-refractivity contribution < 1.29 is 19.1 Å². The molecule has 0 N–H and O–H groups in total. The SMILES string of the molecule is COC(=O)C1C(C)=NC2=C(C(=O)CC(C)(C)C2)[C@H]1c1ccc(OC)c(Br)c1. The Labute approximate surface area is 168 Å². The van der Waals surface area contributed by atoms with Gasteiger partial charge >= 0.3 is 5.97 Å². The van der Waals surface area contributed by atoms with Gasteiger partial charge in [0.15, 0.2) is 5.78 Å². The van der Waals surface area contributed by atoms with Crippen LogP contribution in [0.25, 0.3) is 0 Å². The van der Waals surface area contributed by atoms with Crippen molar-refractivity contribution in [1.29, 1.82) is 0 Å². The molecule has 0 fully saturated rings. The Hall–Kier alpha value is -1.95. The number of halogens is 1. The molecule has 0 radical (unpaired) electrons. The second kappa shape index (κ2) is 7.23. The van der Waals surface area contributed by atoms with Crippen LogP contribution in [0.3, 0.4) is 0 Å². The van der Waals surface area contributed by atoms with Gasteiger partial charge in [-0.25, -0.2) is 0 Å². The number of Topliss-reactive ketones (excluding diaryl/α,β-unsaturated/α-hetero) is 1. The highest BCUT2D eigenvalue weighted by Gasteiger charge is 2.45. The van der Waals surface area contributed by atoms with Crippen LogP contribution < -0.4 is 4.74 Å². The first-order valence-corrected chi connectivity index (χ1v) is 9.70. The van der Waals surface area contributed by atoms with Gasteiger partial charge in [-0.2, -0.15) is 0 Å². The fraction of sp³-hybridized carbons (Fsp3) is 0.476. The van der Waals surface area contributed by atoms with Crippen LogP contribution in [-0.2, 0) is 14.3 Å². The second-order valence-electron chi connectivity index (χ2n) is 7.93. The Morgan fingerprint density at radius 1 is 1.26 bits per heavy atom. The van der Waals surface area contributed by atoms with E-state index in [0.29, 0.717) is 29.9 Å². The zero-order chi connectivity index (χ0) is 19.9. The summed E-state index contributed by atoms with van der Waals surface area (Å²) in [4.78, 5) is 30.4. The molecule has 1 aliphatic carbocycles. The van der Waals surface area contributed by atoms with Gasteiger partial charge in [-0.05, 0) is 52.4 Å². The molecule has 5 nitrogen and oxygen atoms in total. The first-order valence-electron chi connectivity index (χ1n) is 8.91. The summed E-state index contributed by atoms with van der Waals surface area (Å²) < 4.78 is 11.1. The van der Waals surface area contributed by atoms with Crippen molar-refractivity contribution in [1.82, 2.24) is 0 Å². The normalized spacial score (nSPS) is 24.2. The third-order valence-electron chi connectivity index (χ3n) is 5.29. The highest BCUT2D eigenvalue weighted by molar-refractivity contribution is 9.10. The van der Waals surface area contributed by atoms with E-state index in [9.17, 15) is 9.59 Å². The van der Waals surface area contributed by atoms with E-state index in [-0.39, 0.29) is 17.2 Å². The van der Waals surface area contributed by atoms with Crippen LogP contribution in [-0.4, -0.2) is 31.7 Å². The Kier molecular flexibility index (Phi) is 5.30. The number of methoxy groups -OCH3 is 2. The van der Waals surface area contributed by atoms with Gasteiger partial charge in [0, 0.05) is 29.3 Å². The maximum atomic E-state index is 13.1. The van der Waals surface area contributed by atoms with E-state index >= 15 is 0 Å². The lowest BCUT2D eigenvalue weighted by molar-refractivity contribution is -0.143. The lowest BCUT2D eigenvalue weighted by atomic mass is 9.67. The largest absolute Gasteiger partial charge is 0.496 e. The Balaban J connectivity index is 2.20. The van der Waals surface area contributed by atoms with Gasteiger partial charge in [0.1, 0.15) is 11.7 Å². The average molecular weight is 434 g/mol. The molecule has 0 amide bonds. The standard InChI is InChI=1S/C21H24BrNO4/c1-11-17(20(25)27-5)18(12-6-7-16(26-4)13(22)8-12)19-14(23-11)9-21(2,3)10-15(19)24/h6-8,17-18H,9-10H2,1-5H3/t17?,18-/m0/s1. The second-order valence-corrected chi connectivity index (χ2v) is 8.78. The van der Waals surface area contributed by atoms with Gasteiger partial charge in [0.25, 0.3) is 0 Å². The number of hydrogen-bond acceptors (Lipinski definition) is 5. The molecule has 1 unspecified atom stereocenters. The summed E-state index contributed by atoms with van der Waals surface area (Å²) in [5.41, 5.74) is 2.86. The molecule has 3 rings (SSSR count). The van der Waals surface area contributed by atoms with Gasteiger partial charge in [-0.3, -0.25) is 14.6 Å². The minimum Gasteiger partial charge on any atom is -0.496 e. The predicted octanol–water partition coefficient (Wildman–Crippen LogP) is 4.45. The number of hydrogen-bond donors (Lipinski definition) is 0. The molecule has 6 heteroatoms. The van der Waals surface area contributed by atoms with Gasteiger partial charge in [-0.15, -0.1) is 0 Å². The van der Waals surface area contributed by atoms with Crippen LogP contribution in [0.4, 0.5) is 0 Å². The number of carbonyl (C=O) groups excluding carboxylic acids is 2. The van der Waals surface area contributed by atoms with Gasteiger partial charge in [0.05, 0.1) is 18.7 Å². The van der Waals surface area contributed by atoms with E-state index in [1.54, 1.807) is 7.11 Å². The van der Waals surface area contributed by atoms with Crippen molar-refractivity contribution in [2.45, 2.75) is 39.5 Å². The summed E-state index contributed by atoms with van der Waals surface area (Å²) in [6.07, 6.45) is 1.16. The number of allylic oxidation sites excluding steroid dienone is 2. The summed E-state index contributed by atoms with van der Waals surface area (Å²) in [6, 6.07) is 5.66. The summed E-state index contributed by atoms with van der Waals surface area (Å²) in [5.74, 6) is -0.643. The number of aliphatic imine (C=N–C) groups is 1. The fourth-order valence-corrected chi connectivity index (χ4v) is 4.67. The van der Waals surface area contributed by atoms with E-state index in [1.165, 1.54) is 7.11 Å². The maximum absolute atomic E-state index is 13.1. The van der Waals surface area contributed by atoms with Crippen LogP contribution >= 0.6 is 15.9 Å². The molecule has 1 aromatic rings. The van der Waals surface area contributed by atoms with Crippen LogP contribution in [0.15, 0.2) is 38.9 Å². The first kappa shape index (κ1) is 19.8. The molecule has 27 heavy (non-hydrogen) atoms. The lowest BCUT2D eigenvalue weighted by Gasteiger charge is -2.38. The molecule has 0 bridgehead atoms. The topological polar surface area (TPSA) is 65.0 Å². The molecule has 1 heterocycles. The third kappa shape index (κ3) is 3.59. The number of carbonyl (C=O) groups is 2. The average Bonchev–Trinajstić information content (AvgIpc) is 2.58. The van der Waals surface area contributed by atoms with Crippen LogP contribution in [0, 0.1) is 11.3 Å². The van der Waals surface area contributed by atoms with E-state index in [4.69, 9.17) is 9.47 Å². The first-order chi connectivity index (χ1) is 12.7. The van der Waals surface area contributed by atoms with Crippen molar-refractivity contribution in [3.8, 4) is 5.75 Å². The van der Waals surface area contributed by atoms with Gasteiger partial charge in [-0.1, -0.05) is 19.9 Å². The monoisotopic (exact) mass is 433 g/mol. The number of esters is 1. The van der Waals surface area contributed by atoms with E-state index in [1.807, 2.05) is 25.1 Å². The van der Waals surface area contributed by atoms with Crippen molar-refractivity contribution >= 4 is 33.4 Å². The molecule has 0 saturated heterocycles. The summed E-state index contributed by atoms with van der Waals surface area (Å²) in [6.45, 7) is 5.98. The third-order valence-corrected chi connectivity index (χ3v) is 5.91. The zero-order valence-electron chi connectivity index (χ0n) is 16.3. The molecule has 2 atom stereocenters. The van der Waals surface area contributed by atoms with Crippen molar-refractivity contribution in [3.63, 3.8) is 0 Å². The number of ether oxygens (including phenoxy) is 2. The molecule has 2 aliphatic rings. The fourth-order valence-electron chi connectivity index (χ4n) is 4.11. The Bertz CT molecular complexity index is 869. The molecular formula is C21H24BrNO4. The number of ketones is 1. The summed E-state index contributed by atoms with van der Waals surface area (Å²) in [5, 5.41) is 0. The van der Waals surface area contributed by atoms with E-state index < -0.39 is 11.8 Å². The van der Waals surface area contributed by atoms with Crippen LogP contribution in [0.1, 0.15) is 45.1 Å². The number of nitrogens with zero attached hydrogens (tertiary/aromatic N) is 1. The van der Waals surface area contributed by atoms with Crippen LogP contribution in [0.5, 0.6) is 5.75 Å². The lowest BCUT2D eigenvalue weighted by Crippen LogP contribution is -2.39. The zero-order valence-corrected chi connectivity index (χ0v) is 17.8. The van der Waals surface area contributed by atoms with Crippen molar-refractivity contribution in [2.75, 3.05) is 14.2 Å². The predicted molar refractivity (Wildman–Crippen MR) is 107 cm³/mol. The molecule has 0 spiro atoms. The smallest absolute Gasteiger partial charge is 0.315 e. The molecular weight excluding hydrogens is 410 g/mol. The Morgan fingerprint density at radius 2 is 1.96 bits per heavy atom. The van der Waals surface area contributed by atoms with Crippen LogP contribution in [0.2, 0.25) is 0 Å². The summed E-state index contributed by atoms with van der Waals surface area (Å²) in [7, 11) is 2.97. The molecule has 0 aromatic heterocycles. The van der Waals surface area contributed by atoms with E-state index in [0.717, 1.165) is 15.7 Å². The minimum atomic E-state index is -0.612. The van der Waals surface area contributed by atoms with Crippen molar-refractivity contribution in [3.05, 3.63) is 39.5 Å². The molecule has 144 valence electrons. The Morgan fingerprint density at radius 3 is 2.56 bits per heavy atom. The van der Waals surface area contributed by atoms with Gasteiger partial charge < -0.3 is 9.47 Å². The molecule has 1 aliphatic heterocycles. The highest BCUT2D eigenvalue weighted by Crippen LogP contribution is 2.48. The van der Waals surface area contributed by atoms with E-state index in [2.05, 4.69) is 34.8 Å².